The molecule has 0 fully saturated rings. The molecule has 1 aliphatic rings. The molecule has 0 bridgehead atoms. The summed E-state index contributed by atoms with van der Waals surface area (Å²) in [6.07, 6.45) is 0.914. The van der Waals surface area contributed by atoms with Crippen molar-refractivity contribution in [3.63, 3.8) is 0 Å². The Bertz CT molecular complexity index is 352. The molecule has 1 aromatic rings. The summed E-state index contributed by atoms with van der Waals surface area (Å²) >= 11 is 0. The van der Waals surface area contributed by atoms with Crippen LogP contribution in [0.15, 0.2) is 24.3 Å². The van der Waals surface area contributed by atoms with Gasteiger partial charge in [0.2, 0.25) is 0 Å². The van der Waals surface area contributed by atoms with E-state index in [9.17, 15) is 0 Å². The average molecular weight is 220 g/mol. The van der Waals surface area contributed by atoms with Crippen molar-refractivity contribution in [3.05, 3.63) is 35.4 Å². The highest BCUT2D eigenvalue weighted by Gasteiger charge is 2.28. The molecule has 0 radical (unpaired) electrons. The summed E-state index contributed by atoms with van der Waals surface area (Å²) in [5.41, 5.74) is 11.7. The van der Waals surface area contributed by atoms with Crippen molar-refractivity contribution in [2.24, 2.45) is 11.7 Å². The minimum atomic E-state index is 0.136. The molecule has 0 saturated heterocycles. The van der Waals surface area contributed by atoms with Gasteiger partial charge in [0.15, 0.2) is 0 Å². The van der Waals surface area contributed by atoms with Gasteiger partial charge in [-0.25, -0.2) is 0 Å². The Balaban J connectivity index is 1.98. The monoisotopic (exact) mass is 220 g/mol. The van der Waals surface area contributed by atoms with Gasteiger partial charge < -0.3 is 10.6 Å². The van der Waals surface area contributed by atoms with E-state index < -0.39 is 0 Å². The lowest BCUT2D eigenvalue weighted by Gasteiger charge is -2.15. The van der Waals surface area contributed by atoms with Crippen LogP contribution in [0.3, 0.4) is 0 Å². The van der Waals surface area contributed by atoms with Crippen molar-refractivity contribution in [2.75, 3.05) is 6.61 Å². The van der Waals surface area contributed by atoms with Crippen LogP contribution >= 0.6 is 0 Å². The van der Waals surface area contributed by atoms with Gasteiger partial charge >= 0.3 is 0 Å². The minimum absolute atomic E-state index is 0.136. The number of fused-ring (bicyclic) bond motifs is 1. The summed E-state index contributed by atoms with van der Waals surface area (Å²) in [6.45, 7) is 5.00. The normalized spacial score (nSPS) is 23.8. The molecule has 3 heteroatoms. The Morgan fingerprint density at radius 1 is 1.38 bits per heavy atom. The quantitative estimate of drug-likeness (QED) is 0.765. The second-order valence-corrected chi connectivity index (χ2v) is 4.85. The molecule has 0 aliphatic heterocycles. The summed E-state index contributed by atoms with van der Waals surface area (Å²) < 4.78 is 0. The van der Waals surface area contributed by atoms with Crippen LogP contribution in [0.2, 0.25) is 0 Å². The molecule has 2 rings (SSSR count). The molecule has 0 aromatic heterocycles. The van der Waals surface area contributed by atoms with Crippen molar-refractivity contribution in [2.45, 2.75) is 32.4 Å². The Labute approximate surface area is 96.9 Å². The lowest BCUT2D eigenvalue weighted by molar-refractivity contribution is -0.000260. The van der Waals surface area contributed by atoms with Gasteiger partial charge in [-0.1, -0.05) is 38.1 Å². The topological polar surface area (TPSA) is 47.3 Å². The minimum Gasteiger partial charge on any atom is -0.324 e. The maximum atomic E-state index is 6.07. The van der Waals surface area contributed by atoms with Gasteiger partial charge in [-0.15, -0.1) is 0 Å². The number of nitrogens with one attached hydrogen (secondary N) is 1. The fourth-order valence-corrected chi connectivity index (χ4v) is 2.10. The second kappa shape index (κ2) is 4.95. The van der Waals surface area contributed by atoms with Crippen LogP contribution in [0.1, 0.15) is 43.5 Å². The SMILES string of the molecule is CC(C)CONC1CC(N)c2ccccc21. The molecule has 3 N–H and O–H groups in total. The third-order valence-electron chi connectivity index (χ3n) is 2.90. The molecule has 88 valence electrons. The molecule has 1 aromatic carbocycles. The summed E-state index contributed by atoms with van der Waals surface area (Å²) in [5.74, 6) is 0.540. The number of nitrogens with two attached hydrogens (primary N) is 1. The van der Waals surface area contributed by atoms with Crippen LogP contribution in [0.4, 0.5) is 0 Å². The first kappa shape index (κ1) is 11.6. The predicted molar refractivity (Wildman–Crippen MR) is 64.7 cm³/mol. The molecule has 0 saturated carbocycles. The van der Waals surface area contributed by atoms with Crippen LogP contribution in [0.25, 0.3) is 0 Å². The van der Waals surface area contributed by atoms with E-state index in [0.29, 0.717) is 5.92 Å². The average Bonchev–Trinajstić information content (AvgIpc) is 2.57. The molecular formula is C13H20N2O. The highest BCUT2D eigenvalue weighted by atomic mass is 16.6. The largest absolute Gasteiger partial charge is 0.324 e. The van der Waals surface area contributed by atoms with Gasteiger partial charge in [-0.2, -0.15) is 5.48 Å². The maximum Gasteiger partial charge on any atom is 0.0705 e. The standard InChI is InChI=1S/C13H20N2O/c1-9(2)8-16-15-13-7-12(14)10-5-3-4-6-11(10)13/h3-6,9,12-13,15H,7-8,14H2,1-2H3. The van der Waals surface area contributed by atoms with E-state index in [2.05, 4.69) is 31.5 Å². The first-order valence-corrected chi connectivity index (χ1v) is 5.90. The van der Waals surface area contributed by atoms with E-state index in [4.69, 9.17) is 10.6 Å². The van der Waals surface area contributed by atoms with E-state index in [1.807, 2.05) is 12.1 Å². The highest BCUT2D eigenvalue weighted by Crippen LogP contribution is 2.36. The van der Waals surface area contributed by atoms with Gasteiger partial charge in [0.1, 0.15) is 0 Å². The van der Waals surface area contributed by atoms with Crippen LogP contribution in [0, 0.1) is 5.92 Å². The van der Waals surface area contributed by atoms with Gasteiger partial charge in [0.25, 0.3) is 0 Å². The zero-order chi connectivity index (χ0) is 11.5. The van der Waals surface area contributed by atoms with E-state index in [0.717, 1.165) is 13.0 Å². The molecule has 2 atom stereocenters. The molecule has 1 aliphatic carbocycles. The molecule has 2 unspecified atom stereocenters. The Morgan fingerprint density at radius 2 is 2.06 bits per heavy atom. The third kappa shape index (κ3) is 2.43. The molecular weight excluding hydrogens is 200 g/mol. The molecule has 0 heterocycles. The van der Waals surface area contributed by atoms with Gasteiger partial charge in [0, 0.05) is 6.04 Å². The van der Waals surface area contributed by atoms with Crippen molar-refractivity contribution in [3.8, 4) is 0 Å². The summed E-state index contributed by atoms with van der Waals surface area (Å²) in [6, 6.07) is 8.69. The van der Waals surface area contributed by atoms with E-state index in [-0.39, 0.29) is 12.1 Å². The Morgan fingerprint density at radius 3 is 2.75 bits per heavy atom. The van der Waals surface area contributed by atoms with Crippen molar-refractivity contribution in [1.82, 2.24) is 5.48 Å². The second-order valence-electron chi connectivity index (χ2n) is 4.85. The third-order valence-corrected chi connectivity index (χ3v) is 2.90. The zero-order valence-electron chi connectivity index (χ0n) is 9.94. The first-order valence-electron chi connectivity index (χ1n) is 5.90. The van der Waals surface area contributed by atoms with Crippen LogP contribution in [-0.4, -0.2) is 6.61 Å². The molecule has 0 amide bonds. The zero-order valence-corrected chi connectivity index (χ0v) is 9.94. The van der Waals surface area contributed by atoms with Gasteiger partial charge in [0.05, 0.1) is 12.6 Å². The van der Waals surface area contributed by atoms with Crippen molar-refractivity contribution < 1.29 is 4.84 Å². The van der Waals surface area contributed by atoms with Crippen LogP contribution in [0.5, 0.6) is 0 Å². The Kier molecular flexibility index (Phi) is 3.59. The van der Waals surface area contributed by atoms with Crippen molar-refractivity contribution in [1.29, 1.82) is 0 Å². The number of rotatable bonds is 4. The Hall–Kier alpha value is -0.900. The summed E-state index contributed by atoms with van der Waals surface area (Å²) in [5, 5.41) is 0. The molecule has 16 heavy (non-hydrogen) atoms. The summed E-state index contributed by atoms with van der Waals surface area (Å²) in [7, 11) is 0. The number of benzene rings is 1. The summed E-state index contributed by atoms with van der Waals surface area (Å²) in [4.78, 5) is 5.48. The lowest BCUT2D eigenvalue weighted by atomic mass is 10.1. The molecule has 0 spiro atoms. The smallest absolute Gasteiger partial charge is 0.0705 e. The van der Waals surface area contributed by atoms with E-state index >= 15 is 0 Å². The fourth-order valence-electron chi connectivity index (χ4n) is 2.10. The number of hydroxylamine groups is 1. The van der Waals surface area contributed by atoms with Gasteiger partial charge in [-0.3, -0.25) is 0 Å². The number of hydrogen-bond acceptors (Lipinski definition) is 3. The van der Waals surface area contributed by atoms with Crippen LogP contribution < -0.4 is 11.2 Å². The van der Waals surface area contributed by atoms with E-state index in [1.165, 1.54) is 11.1 Å². The predicted octanol–water partition coefficient (Wildman–Crippen LogP) is 2.31. The van der Waals surface area contributed by atoms with Crippen LogP contribution in [-0.2, 0) is 4.84 Å². The lowest BCUT2D eigenvalue weighted by Crippen LogP contribution is -2.22. The first-order chi connectivity index (χ1) is 7.68. The van der Waals surface area contributed by atoms with Crippen molar-refractivity contribution >= 4 is 0 Å². The van der Waals surface area contributed by atoms with Gasteiger partial charge in [-0.05, 0) is 23.5 Å². The highest BCUT2D eigenvalue weighted by molar-refractivity contribution is 5.36. The molecule has 3 nitrogen and oxygen atoms in total. The van der Waals surface area contributed by atoms with E-state index in [1.54, 1.807) is 0 Å². The maximum absolute atomic E-state index is 6.07. The fraction of sp³-hybridized carbons (Fsp3) is 0.538. The number of hydrogen-bond donors (Lipinski definition) is 2.